The zero-order valence-corrected chi connectivity index (χ0v) is 15.4. The van der Waals surface area contributed by atoms with E-state index in [0.29, 0.717) is 21.7 Å². The van der Waals surface area contributed by atoms with Crippen molar-refractivity contribution >= 4 is 21.9 Å². The van der Waals surface area contributed by atoms with Gasteiger partial charge in [-0.1, -0.05) is 0 Å². The number of carboxylic acids is 1. The van der Waals surface area contributed by atoms with Gasteiger partial charge < -0.3 is 19.3 Å². The maximum Gasteiger partial charge on any atom is 0.337 e. The molecule has 1 aromatic carbocycles. The van der Waals surface area contributed by atoms with Crippen LogP contribution in [0, 0.1) is 0 Å². The van der Waals surface area contributed by atoms with Crippen LogP contribution in [0.4, 0.5) is 0 Å². The highest BCUT2D eigenvalue weighted by atomic mass is 79.9. The Morgan fingerprint density at radius 1 is 0.955 bits per heavy atom. The predicted molar refractivity (Wildman–Crippen MR) is 88.4 cm³/mol. The van der Waals surface area contributed by atoms with Crippen molar-refractivity contribution in [2.75, 3.05) is 0 Å². The van der Waals surface area contributed by atoms with E-state index in [2.05, 4.69) is 15.9 Å². The first-order valence-corrected chi connectivity index (χ1v) is 8.02. The van der Waals surface area contributed by atoms with Crippen LogP contribution in [-0.2, 0) is 0 Å². The summed E-state index contributed by atoms with van der Waals surface area (Å²) in [6.07, 6.45) is -0.363. The van der Waals surface area contributed by atoms with Gasteiger partial charge >= 0.3 is 5.97 Å². The maximum atomic E-state index is 11.4. The number of hydrogen-bond donors (Lipinski definition) is 1. The monoisotopic (exact) mass is 374 g/mol. The first-order chi connectivity index (χ1) is 10.1. The molecule has 0 aliphatic heterocycles. The van der Waals surface area contributed by atoms with Crippen LogP contribution in [0.25, 0.3) is 0 Å². The molecule has 6 heteroatoms. The first-order valence-electron chi connectivity index (χ1n) is 7.23. The normalized spacial score (nSPS) is 11.2. The highest BCUT2D eigenvalue weighted by molar-refractivity contribution is 9.10. The van der Waals surface area contributed by atoms with Gasteiger partial charge in [0.15, 0.2) is 11.5 Å². The van der Waals surface area contributed by atoms with E-state index in [1.165, 1.54) is 6.07 Å². The SMILES string of the molecule is CC(C)Oc1cc(C(=O)O)c(Br)c(OC(C)C)c1OC(C)C. The lowest BCUT2D eigenvalue weighted by Crippen LogP contribution is -2.15. The molecule has 1 N–H and O–H groups in total. The molecule has 0 saturated heterocycles. The molecule has 1 aromatic rings. The van der Waals surface area contributed by atoms with Crippen LogP contribution in [0.3, 0.4) is 0 Å². The Balaban J connectivity index is 3.56. The largest absolute Gasteiger partial charge is 0.487 e. The number of aromatic carboxylic acids is 1. The third kappa shape index (κ3) is 4.80. The average molecular weight is 375 g/mol. The Kier molecular flexibility index (Phi) is 6.53. The fraction of sp³-hybridized carbons (Fsp3) is 0.562. The van der Waals surface area contributed by atoms with Crippen molar-refractivity contribution in [1.29, 1.82) is 0 Å². The van der Waals surface area contributed by atoms with Crippen molar-refractivity contribution < 1.29 is 24.1 Å². The molecule has 0 atom stereocenters. The molecular formula is C16H23BrO5. The van der Waals surface area contributed by atoms with Gasteiger partial charge in [0.25, 0.3) is 0 Å². The number of carbonyl (C=O) groups is 1. The Bertz CT molecular complexity index is 538. The molecule has 0 fully saturated rings. The van der Waals surface area contributed by atoms with Crippen LogP contribution in [-0.4, -0.2) is 29.4 Å². The lowest BCUT2D eigenvalue weighted by atomic mass is 10.1. The lowest BCUT2D eigenvalue weighted by molar-refractivity contribution is 0.0693. The summed E-state index contributed by atoms with van der Waals surface area (Å²) in [7, 11) is 0. The van der Waals surface area contributed by atoms with Crippen LogP contribution in [0.2, 0.25) is 0 Å². The van der Waals surface area contributed by atoms with Gasteiger partial charge in [-0.3, -0.25) is 0 Å². The lowest BCUT2D eigenvalue weighted by Gasteiger charge is -2.23. The maximum absolute atomic E-state index is 11.4. The van der Waals surface area contributed by atoms with E-state index >= 15 is 0 Å². The fourth-order valence-corrected chi connectivity index (χ4v) is 2.34. The van der Waals surface area contributed by atoms with Gasteiger partial charge in [-0.2, -0.15) is 0 Å². The standard InChI is InChI=1S/C16H23BrO5/c1-8(2)20-12-7-11(16(18)19)13(17)15(22-10(5)6)14(12)21-9(3)4/h7-10H,1-6H3,(H,18,19). The van der Waals surface area contributed by atoms with E-state index in [9.17, 15) is 9.90 Å². The van der Waals surface area contributed by atoms with Crippen LogP contribution in [0.1, 0.15) is 51.9 Å². The molecule has 0 radical (unpaired) electrons. The third-order valence-electron chi connectivity index (χ3n) is 2.44. The van der Waals surface area contributed by atoms with Gasteiger partial charge in [-0.05, 0) is 63.5 Å². The summed E-state index contributed by atoms with van der Waals surface area (Å²) in [5.41, 5.74) is 0.0717. The number of benzene rings is 1. The number of rotatable bonds is 7. The summed E-state index contributed by atoms with van der Waals surface area (Å²) in [4.78, 5) is 11.4. The summed E-state index contributed by atoms with van der Waals surface area (Å²) in [6.45, 7) is 11.2. The summed E-state index contributed by atoms with van der Waals surface area (Å²) in [6, 6.07) is 1.46. The highest BCUT2D eigenvalue weighted by Crippen LogP contribution is 2.46. The van der Waals surface area contributed by atoms with E-state index in [-0.39, 0.29) is 23.9 Å². The summed E-state index contributed by atoms with van der Waals surface area (Å²) < 4.78 is 17.7. The molecule has 0 aromatic heterocycles. The van der Waals surface area contributed by atoms with Crippen LogP contribution >= 0.6 is 15.9 Å². The van der Waals surface area contributed by atoms with Gasteiger partial charge in [-0.25, -0.2) is 4.79 Å². The van der Waals surface area contributed by atoms with Crippen LogP contribution in [0.5, 0.6) is 17.2 Å². The Hall–Kier alpha value is -1.43. The minimum Gasteiger partial charge on any atom is -0.487 e. The highest BCUT2D eigenvalue weighted by Gasteiger charge is 2.25. The van der Waals surface area contributed by atoms with Crippen molar-refractivity contribution in [2.24, 2.45) is 0 Å². The first kappa shape index (κ1) is 18.6. The van der Waals surface area contributed by atoms with Crippen molar-refractivity contribution in [1.82, 2.24) is 0 Å². The van der Waals surface area contributed by atoms with Gasteiger partial charge in [0.1, 0.15) is 0 Å². The average Bonchev–Trinajstić information content (AvgIpc) is 2.35. The van der Waals surface area contributed by atoms with Crippen molar-refractivity contribution in [3.05, 3.63) is 16.1 Å². The Labute approximate surface area is 139 Å². The number of ether oxygens (including phenoxy) is 3. The Morgan fingerprint density at radius 3 is 1.82 bits per heavy atom. The Morgan fingerprint density at radius 2 is 1.41 bits per heavy atom. The van der Waals surface area contributed by atoms with Crippen LogP contribution < -0.4 is 14.2 Å². The van der Waals surface area contributed by atoms with E-state index in [4.69, 9.17) is 14.2 Å². The second-order valence-corrected chi connectivity index (χ2v) is 6.49. The molecule has 5 nitrogen and oxygen atoms in total. The molecule has 0 saturated carbocycles. The van der Waals surface area contributed by atoms with Crippen molar-refractivity contribution in [3.63, 3.8) is 0 Å². The molecule has 0 aliphatic carbocycles. The molecule has 0 aliphatic rings. The molecule has 0 amide bonds. The third-order valence-corrected chi connectivity index (χ3v) is 3.23. The molecule has 0 spiro atoms. The van der Waals surface area contributed by atoms with E-state index in [0.717, 1.165) is 0 Å². The number of carboxylic acid groups (broad SMARTS) is 1. The minimum absolute atomic E-state index is 0.0717. The second kappa shape index (κ2) is 7.72. The fourth-order valence-electron chi connectivity index (χ4n) is 1.78. The topological polar surface area (TPSA) is 65.0 Å². The van der Waals surface area contributed by atoms with Crippen molar-refractivity contribution in [3.8, 4) is 17.2 Å². The zero-order valence-electron chi connectivity index (χ0n) is 13.8. The minimum atomic E-state index is -1.06. The molecule has 124 valence electrons. The molecule has 0 unspecified atom stereocenters. The number of halogens is 1. The molecule has 22 heavy (non-hydrogen) atoms. The van der Waals surface area contributed by atoms with E-state index in [1.807, 2.05) is 41.5 Å². The summed E-state index contributed by atoms with van der Waals surface area (Å²) in [5.74, 6) is 0.0543. The molecule has 0 bridgehead atoms. The van der Waals surface area contributed by atoms with E-state index < -0.39 is 5.97 Å². The summed E-state index contributed by atoms with van der Waals surface area (Å²) >= 11 is 3.31. The quantitative estimate of drug-likeness (QED) is 0.760. The predicted octanol–water partition coefficient (Wildman–Crippen LogP) is 4.51. The van der Waals surface area contributed by atoms with Crippen molar-refractivity contribution in [2.45, 2.75) is 59.9 Å². The molecule has 0 heterocycles. The number of hydrogen-bond acceptors (Lipinski definition) is 4. The smallest absolute Gasteiger partial charge is 0.337 e. The van der Waals surface area contributed by atoms with Gasteiger partial charge in [0.2, 0.25) is 5.75 Å². The van der Waals surface area contributed by atoms with Gasteiger partial charge in [0, 0.05) is 0 Å². The van der Waals surface area contributed by atoms with E-state index in [1.54, 1.807) is 0 Å². The van der Waals surface area contributed by atoms with Crippen LogP contribution in [0.15, 0.2) is 10.5 Å². The van der Waals surface area contributed by atoms with Gasteiger partial charge in [0.05, 0.1) is 28.3 Å². The summed E-state index contributed by atoms with van der Waals surface area (Å²) in [5, 5.41) is 9.37. The molecular weight excluding hydrogens is 352 g/mol. The molecule has 1 rings (SSSR count). The second-order valence-electron chi connectivity index (χ2n) is 5.70. The zero-order chi connectivity index (χ0) is 17.0. The van der Waals surface area contributed by atoms with Gasteiger partial charge in [-0.15, -0.1) is 0 Å².